The number of imide groups is 2. The van der Waals surface area contributed by atoms with E-state index in [9.17, 15) is 38.4 Å². The van der Waals surface area contributed by atoms with E-state index in [1.54, 1.807) is 0 Å². The quantitative estimate of drug-likeness (QED) is 0.216. The van der Waals surface area contributed by atoms with E-state index in [0.717, 1.165) is 0 Å². The fraction of sp³-hybridized carbons (Fsp3) is 0.0800. The van der Waals surface area contributed by atoms with Crippen LogP contribution in [0, 0.1) is 0 Å². The number of fused-ring (bicyclic) bond motifs is 2. The van der Waals surface area contributed by atoms with Crippen molar-refractivity contribution in [2.45, 2.75) is 0 Å². The Bertz CT molecular complexity index is 1530. The molecular formula is C25H17N9O8. The summed E-state index contributed by atoms with van der Waals surface area (Å²) >= 11 is 0. The molecule has 4 N–H and O–H groups in total. The van der Waals surface area contributed by atoms with Gasteiger partial charge in [0, 0.05) is 12.4 Å². The van der Waals surface area contributed by atoms with E-state index < -0.39 is 60.3 Å². The lowest BCUT2D eigenvalue weighted by Crippen LogP contribution is -2.49. The molecule has 0 bridgehead atoms. The summed E-state index contributed by atoms with van der Waals surface area (Å²) in [6.45, 7) is -1.30. The molecule has 2 aliphatic heterocycles. The molecule has 0 fully saturated rings. The Kier molecular flexibility index (Phi) is 7.12. The Morgan fingerprint density at radius 2 is 1.02 bits per heavy atom. The number of rotatable bonds is 8. The van der Waals surface area contributed by atoms with Gasteiger partial charge in [-0.3, -0.25) is 59.2 Å². The van der Waals surface area contributed by atoms with Gasteiger partial charge in [-0.2, -0.15) is 10.0 Å². The maximum absolute atomic E-state index is 12.5. The average molecular weight is 571 g/mol. The molecule has 0 radical (unpaired) electrons. The third kappa shape index (κ3) is 5.11. The van der Waals surface area contributed by atoms with Gasteiger partial charge < -0.3 is 10.6 Å². The molecule has 5 rings (SSSR count). The summed E-state index contributed by atoms with van der Waals surface area (Å²) < 4.78 is 0. The molecule has 42 heavy (non-hydrogen) atoms. The highest BCUT2D eigenvalue weighted by Crippen LogP contribution is 2.19. The van der Waals surface area contributed by atoms with Crippen LogP contribution in [0.1, 0.15) is 62.7 Å². The van der Waals surface area contributed by atoms with Gasteiger partial charge in [0.05, 0.1) is 24.2 Å². The highest BCUT2D eigenvalue weighted by Gasteiger charge is 2.39. The number of pyridine rings is 3. The molecule has 210 valence electrons. The Morgan fingerprint density at radius 3 is 1.43 bits per heavy atom. The summed E-state index contributed by atoms with van der Waals surface area (Å²) in [6.07, 6.45) is 2.64. The van der Waals surface area contributed by atoms with Gasteiger partial charge in [0.2, 0.25) is 0 Å². The van der Waals surface area contributed by atoms with E-state index in [1.165, 1.54) is 54.9 Å². The van der Waals surface area contributed by atoms with Gasteiger partial charge in [0.25, 0.3) is 47.3 Å². The van der Waals surface area contributed by atoms with Gasteiger partial charge >= 0.3 is 0 Å². The molecule has 0 saturated heterocycles. The summed E-state index contributed by atoms with van der Waals surface area (Å²) in [5.41, 5.74) is 3.46. The highest BCUT2D eigenvalue weighted by molar-refractivity contribution is 6.21. The van der Waals surface area contributed by atoms with Crippen LogP contribution in [0.25, 0.3) is 0 Å². The zero-order valence-electron chi connectivity index (χ0n) is 21.1. The third-order valence-electron chi connectivity index (χ3n) is 5.80. The number of aromatic nitrogens is 3. The lowest BCUT2D eigenvalue weighted by Gasteiger charge is -2.15. The Labute approximate surface area is 234 Å². The molecule has 0 spiro atoms. The van der Waals surface area contributed by atoms with Crippen molar-refractivity contribution in [2.75, 3.05) is 13.1 Å². The standard InChI is InChI=1S/C25H17N9O8/c35-16(31-33-22(39)12-4-2-8-26-18(12)24(33)41)10-28-20(37)14-6-1-7-15(30-14)21(38)29-11-17(36)32-34-23(40)13-5-3-9-27-19(13)25(34)42/h1-9H,10-11H2,(H,28,37)(H,29,38)(H,31,35)(H,32,36). The van der Waals surface area contributed by atoms with Gasteiger partial charge in [0.1, 0.15) is 22.8 Å². The van der Waals surface area contributed by atoms with Crippen molar-refractivity contribution < 1.29 is 38.4 Å². The molecule has 3 aromatic rings. The lowest BCUT2D eigenvalue weighted by atomic mass is 10.2. The first-order valence-corrected chi connectivity index (χ1v) is 12.0. The maximum Gasteiger partial charge on any atom is 0.299 e. The van der Waals surface area contributed by atoms with Crippen molar-refractivity contribution in [3.05, 3.63) is 88.8 Å². The van der Waals surface area contributed by atoms with Gasteiger partial charge in [-0.05, 0) is 36.4 Å². The van der Waals surface area contributed by atoms with Crippen LogP contribution >= 0.6 is 0 Å². The first kappa shape index (κ1) is 27.2. The van der Waals surface area contributed by atoms with Crippen LogP contribution in [0.15, 0.2) is 54.9 Å². The molecule has 17 heteroatoms. The molecule has 8 amide bonds. The molecule has 2 aliphatic rings. The largest absolute Gasteiger partial charge is 0.342 e. The van der Waals surface area contributed by atoms with Crippen molar-refractivity contribution >= 4 is 47.3 Å². The second-order valence-corrected chi connectivity index (χ2v) is 8.53. The SMILES string of the molecule is O=C(CNC(=O)c1cccc(C(=O)NCC(=O)NN2C(=O)c3cccnc3C2=O)n1)NN1C(=O)c2cccnc2C1=O. The molecule has 0 aromatic carbocycles. The molecule has 0 saturated carbocycles. The van der Waals surface area contributed by atoms with Gasteiger partial charge in [-0.15, -0.1) is 0 Å². The van der Waals surface area contributed by atoms with Crippen LogP contribution < -0.4 is 21.5 Å². The number of carbonyl (C=O) groups is 8. The first-order chi connectivity index (χ1) is 20.2. The highest BCUT2D eigenvalue weighted by atomic mass is 16.2. The van der Waals surface area contributed by atoms with Crippen LogP contribution in [-0.2, 0) is 9.59 Å². The number of nitrogens with zero attached hydrogens (tertiary/aromatic N) is 5. The van der Waals surface area contributed by atoms with Crippen LogP contribution in [0.5, 0.6) is 0 Å². The smallest absolute Gasteiger partial charge is 0.299 e. The molecule has 0 atom stereocenters. The number of amides is 8. The van der Waals surface area contributed by atoms with E-state index in [-0.39, 0.29) is 33.9 Å². The van der Waals surface area contributed by atoms with Gasteiger partial charge in [-0.25, -0.2) is 4.98 Å². The van der Waals surface area contributed by atoms with E-state index in [2.05, 4.69) is 36.4 Å². The second-order valence-electron chi connectivity index (χ2n) is 8.53. The van der Waals surface area contributed by atoms with Crippen molar-refractivity contribution in [1.82, 2.24) is 46.5 Å². The summed E-state index contributed by atoms with van der Waals surface area (Å²) in [6, 6.07) is 9.51. The summed E-state index contributed by atoms with van der Waals surface area (Å²) in [5.74, 6) is -6.73. The first-order valence-electron chi connectivity index (χ1n) is 12.0. The molecule has 5 heterocycles. The van der Waals surface area contributed by atoms with Gasteiger partial charge in [-0.1, -0.05) is 6.07 Å². The fourth-order valence-electron chi connectivity index (χ4n) is 3.86. The normalized spacial score (nSPS) is 13.4. The monoisotopic (exact) mass is 571 g/mol. The average Bonchev–Trinajstić information content (AvgIpc) is 3.39. The lowest BCUT2D eigenvalue weighted by molar-refractivity contribution is -0.123. The Balaban J connectivity index is 1.11. The fourth-order valence-corrected chi connectivity index (χ4v) is 3.86. The zero-order chi connectivity index (χ0) is 30.0. The molecule has 3 aromatic heterocycles. The minimum atomic E-state index is -0.897. The minimum Gasteiger partial charge on any atom is -0.342 e. The van der Waals surface area contributed by atoms with E-state index in [0.29, 0.717) is 10.0 Å². The number of carbonyl (C=O) groups excluding carboxylic acids is 8. The van der Waals surface area contributed by atoms with Crippen molar-refractivity contribution in [2.24, 2.45) is 0 Å². The molecular weight excluding hydrogens is 554 g/mol. The zero-order valence-corrected chi connectivity index (χ0v) is 21.1. The predicted molar refractivity (Wildman–Crippen MR) is 135 cm³/mol. The molecule has 0 unspecified atom stereocenters. The Morgan fingerprint density at radius 1 is 0.595 bits per heavy atom. The van der Waals surface area contributed by atoms with Crippen molar-refractivity contribution in [3.63, 3.8) is 0 Å². The number of hydrazine groups is 2. The van der Waals surface area contributed by atoms with Crippen LogP contribution in [0.3, 0.4) is 0 Å². The van der Waals surface area contributed by atoms with E-state index >= 15 is 0 Å². The maximum atomic E-state index is 12.5. The van der Waals surface area contributed by atoms with E-state index in [1.807, 2.05) is 0 Å². The predicted octanol–water partition coefficient (Wildman–Crippen LogP) is -2.01. The third-order valence-corrected chi connectivity index (χ3v) is 5.80. The summed E-state index contributed by atoms with van der Waals surface area (Å²) in [4.78, 5) is 110. The van der Waals surface area contributed by atoms with Crippen LogP contribution in [0.4, 0.5) is 0 Å². The van der Waals surface area contributed by atoms with Gasteiger partial charge in [0.15, 0.2) is 0 Å². The van der Waals surface area contributed by atoms with Crippen molar-refractivity contribution in [1.29, 1.82) is 0 Å². The summed E-state index contributed by atoms with van der Waals surface area (Å²) in [7, 11) is 0. The Hall–Kier alpha value is -6.39. The second kappa shape index (κ2) is 11.0. The van der Waals surface area contributed by atoms with Crippen molar-refractivity contribution in [3.8, 4) is 0 Å². The number of nitrogens with one attached hydrogen (secondary N) is 4. The molecule has 17 nitrogen and oxygen atoms in total. The minimum absolute atomic E-state index is 0.0181. The van der Waals surface area contributed by atoms with E-state index in [4.69, 9.17) is 0 Å². The number of hydrogen-bond donors (Lipinski definition) is 4. The summed E-state index contributed by atoms with van der Waals surface area (Å²) in [5, 5.41) is 5.46. The topological polar surface area (TPSA) is 230 Å². The van der Waals surface area contributed by atoms with Crippen LogP contribution in [0.2, 0.25) is 0 Å². The molecule has 0 aliphatic carbocycles. The number of hydrogen-bond acceptors (Lipinski definition) is 11. The van der Waals surface area contributed by atoms with Crippen LogP contribution in [-0.4, -0.2) is 85.3 Å².